The molecule has 92 valence electrons. The van der Waals surface area contributed by atoms with Crippen molar-refractivity contribution in [3.8, 4) is 0 Å². The van der Waals surface area contributed by atoms with Gasteiger partial charge in [-0.3, -0.25) is 4.98 Å². The molecule has 3 nitrogen and oxygen atoms in total. The van der Waals surface area contributed by atoms with Gasteiger partial charge in [0.15, 0.2) is 0 Å². The Bertz CT molecular complexity index is 456. The number of rotatable bonds is 4. The molecule has 2 rings (SSSR count). The summed E-state index contributed by atoms with van der Waals surface area (Å²) in [7, 11) is 0. The van der Waals surface area contributed by atoms with E-state index in [4.69, 9.17) is 18.0 Å². The molecular formula is C13H19N3S. The van der Waals surface area contributed by atoms with Crippen LogP contribution in [0.5, 0.6) is 0 Å². The van der Waals surface area contributed by atoms with Gasteiger partial charge < -0.3 is 11.1 Å². The van der Waals surface area contributed by atoms with Crippen LogP contribution in [0, 0.1) is 25.7 Å². The Morgan fingerprint density at radius 3 is 2.76 bits per heavy atom. The van der Waals surface area contributed by atoms with Crippen LogP contribution in [0.15, 0.2) is 6.07 Å². The lowest BCUT2D eigenvalue weighted by atomic mass is 10.1. The maximum atomic E-state index is 5.77. The van der Waals surface area contributed by atoms with E-state index in [1.54, 1.807) is 0 Å². The van der Waals surface area contributed by atoms with Gasteiger partial charge in [0.05, 0.1) is 5.56 Å². The van der Waals surface area contributed by atoms with E-state index in [0.29, 0.717) is 4.99 Å². The minimum atomic E-state index is 0.418. The third-order valence-corrected chi connectivity index (χ3v) is 3.61. The zero-order valence-corrected chi connectivity index (χ0v) is 11.4. The number of aromatic nitrogens is 1. The molecule has 0 aromatic carbocycles. The van der Waals surface area contributed by atoms with Crippen molar-refractivity contribution >= 4 is 22.9 Å². The second-order valence-electron chi connectivity index (χ2n) is 4.99. The molecule has 0 bridgehead atoms. The maximum absolute atomic E-state index is 5.77. The zero-order valence-electron chi connectivity index (χ0n) is 10.6. The normalized spacial score (nSPS) is 22.3. The molecule has 0 saturated heterocycles. The van der Waals surface area contributed by atoms with Crippen LogP contribution in [-0.4, -0.2) is 16.5 Å². The molecule has 4 heteroatoms. The molecule has 1 aromatic heterocycles. The van der Waals surface area contributed by atoms with Crippen LogP contribution in [0.25, 0.3) is 0 Å². The molecule has 3 N–H and O–H groups in total. The first-order chi connectivity index (χ1) is 7.99. The van der Waals surface area contributed by atoms with Gasteiger partial charge in [0.25, 0.3) is 0 Å². The summed E-state index contributed by atoms with van der Waals surface area (Å²) < 4.78 is 0. The van der Waals surface area contributed by atoms with E-state index in [2.05, 4.69) is 17.2 Å². The molecule has 1 aliphatic carbocycles. The number of anilines is 1. The summed E-state index contributed by atoms with van der Waals surface area (Å²) in [4.78, 5) is 4.82. The van der Waals surface area contributed by atoms with E-state index in [-0.39, 0.29) is 0 Å². The van der Waals surface area contributed by atoms with Crippen molar-refractivity contribution in [2.24, 2.45) is 17.6 Å². The average Bonchev–Trinajstić information content (AvgIpc) is 2.89. The van der Waals surface area contributed by atoms with E-state index in [9.17, 15) is 0 Å². The molecule has 1 heterocycles. The van der Waals surface area contributed by atoms with Crippen LogP contribution >= 0.6 is 12.2 Å². The second-order valence-corrected chi connectivity index (χ2v) is 5.43. The van der Waals surface area contributed by atoms with Gasteiger partial charge in [-0.15, -0.1) is 0 Å². The van der Waals surface area contributed by atoms with Gasteiger partial charge >= 0.3 is 0 Å². The quantitative estimate of drug-likeness (QED) is 0.805. The summed E-state index contributed by atoms with van der Waals surface area (Å²) in [5.74, 6) is 1.64. The Morgan fingerprint density at radius 1 is 1.59 bits per heavy atom. The number of nitrogens with two attached hydrogens (primary N) is 1. The average molecular weight is 249 g/mol. The van der Waals surface area contributed by atoms with E-state index >= 15 is 0 Å². The Morgan fingerprint density at radius 2 is 2.24 bits per heavy atom. The zero-order chi connectivity index (χ0) is 12.6. The molecule has 2 unspecified atom stereocenters. The van der Waals surface area contributed by atoms with E-state index in [1.807, 2.05) is 19.9 Å². The Balaban J connectivity index is 2.21. The Labute approximate surface area is 108 Å². The summed E-state index contributed by atoms with van der Waals surface area (Å²) >= 11 is 5.10. The highest BCUT2D eigenvalue weighted by Gasteiger charge is 2.32. The van der Waals surface area contributed by atoms with Crippen LogP contribution < -0.4 is 11.1 Å². The number of nitrogens with one attached hydrogen (secondary N) is 1. The number of pyridine rings is 1. The molecule has 17 heavy (non-hydrogen) atoms. The van der Waals surface area contributed by atoms with Crippen molar-refractivity contribution in [3.63, 3.8) is 0 Å². The van der Waals surface area contributed by atoms with E-state index < -0.39 is 0 Å². The standard InChI is InChI=1S/C13H19N3S/c1-7-4-10(7)6-15-11-5-8(2)16-9(3)12(11)13(14)17/h5,7,10H,4,6H2,1-3H3,(H2,14,17)(H,15,16). The highest BCUT2D eigenvalue weighted by atomic mass is 32.1. The number of thiocarbonyl (C=S) groups is 1. The van der Waals surface area contributed by atoms with Crippen molar-refractivity contribution in [1.29, 1.82) is 0 Å². The Hall–Kier alpha value is -1.16. The topological polar surface area (TPSA) is 50.9 Å². The number of aryl methyl sites for hydroxylation is 2. The highest BCUT2D eigenvalue weighted by molar-refractivity contribution is 7.80. The highest BCUT2D eigenvalue weighted by Crippen LogP contribution is 2.37. The van der Waals surface area contributed by atoms with Gasteiger partial charge in [-0.05, 0) is 38.2 Å². The van der Waals surface area contributed by atoms with Crippen molar-refractivity contribution < 1.29 is 0 Å². The summed E-state index contributed by atoms with van der Waals surface area (Å²) in [6.07, 6.45) is 1.32. The smallest absolute Gasteiger partial charge is 0.107 e. The van der Waals surface area contributed by atoms with Gasteiger partial charge in [0, 0.05) is 23.6 Å². The first kappa shape index (κ1) is 12.3. The van der Waals surface area contributed by atoms with Crippen LogP contribution in [0.3, 0.4) is 0 Å². The third-order valence-electron chi connectivity index (χ3n) is 3.41. The molecule has 1 saturated carbocycles. The van der Waals surface area contributed by atoms with Crippen molar-refractivity contribution in [1.82, 2.24) is 4.98 Å². The largest absolute Gasteiger partial charge is 0.389 e. The van der Waals surface area contributed by atoms with Crippen LogP contribution in [0.4, 0.5) is 5.69 Å². The SMILES string of the molecule is Cc1cc(NCC2CC2C)c(C(N)=S)c(C)n1. The third kappa shape index (κ3) is 2.75. The van der Waals surface area contributed by atoms with Gasteiger partial charge in [0.1, 0.15) is 4.99 Å². The van der Waals surface area contributed by atoms with E-state index in [0.717, 1.165) is 41.0 Å². The lowest BCUT2D eigenvalue weighted by Crippen LogP contribution is -2.17. The molecule has 2 atom stereocenters. The predicted molar refractivity (Wildman–Crippen MR) is 75.4 cm³/mol. The fourth-order valence-corrected chi connectivity index (χ4v) is 2.46. The molecule has 1 fully saturated rings. The molecule has 0 amide bonds. The minimum Gasteiger partial charge on any atom is -0.389 e. The molecule has 0 radical (unpaired) electrons. The number of hydrogen-bond donors (Lipinski definition) is 2. The van der Waals surface area contributed by atoms with Gasteiger partial charge in [-0.2, -0.15) is 0 Å². The van der Waals surface area contributed by atoms with Gasteiger partial charge in [-0.25, -0.2) is 0 Å². The Kier molecular flexibility index (Phi) is 3.33. The first-order valence-corrected chi connectivity index (χ1v) is 6.41. The van der Waals surface area contributed by atoms with Crippen LogP contribution in [0.2, 0.25) is 0 Å². The van der Waals surface area contributed by atoms with E-state index in [1.165, 1.54) is 6.42 Å². The lowest BCUT2D eigenvalue weighted by Gasteiger charge is -2.14. The van der Waals surface area contributed by atoms with Crippen molar-refractivity contribution in [2.45, 2.75) is 27.2 Å². The maximum Gasteiger partial charge on any atom is 0.107 e. The minimum absolute atomic E-state index is 0.418. The van der Waals surface area contributed by atoms with Crippen molar-refractivity contribution in [3.05, 3.63) is 23.0 Å². The fraction of sp³-hybridized carbons (Fsp3) is 0.538. The monoisotopic (exact) mass is 249 g/mol. The summed E-state index contributed by atoms with van der Waals surface area (Å²) in [6.45, 7) is 7.22. The number of hydrogen-bond acceptors (Lipinski definition) is 3. The lowest BCUT2D eigenvalue weighted by molar-refractivity contribution is 0.786. The predicted octanol–water partition coefficient (Wildman–Crippen LogP) is 2.40. The molecular weight excluding hydrogens is 230 g/mol. The van der Waals surface area contributed by atoms with Crippen LogP contribution in [0.1, 0.15) is 30.3 Å². The van der Waals surface area contributed by atoms with Gasteiger partial charge in [-0.1, -0.05) is 19.1 Å². The fourth-order valence-electron chi connectivity index (χ4n) is 2.20. The molecule has 1 aliphatic rings. The summed E-state index contributed by atoms with van der Waals surface area (Å²) in [6, 6.07) is 2.02. The second kappa shape index (κ2) is 4.61. The summed E-state index contributed by atoms with van der Waals surface area (Å²) in [5.41, 5.74) is 9.58. The van der Waals surface area contributed by atoms with Crippen LogP contribution in [-0.2, 0) is 0 Å². The molecule has 0 aliphatic heterocycles. The molecule has 1 aromatic rings. The molecule has 0 spiro atoms. The number of nitrogens with zero attached hydrogens (tertiary/aromatic N) is 1. The van der Waals surface area contributed by atoms with Gasteiger partial charge in [0.2, 0.25) is 0 Å². The van der Waals surface area contributed by atoms with Crippen molar-refractivity contribution in [2.75, 3.05) is 11.9 Å². The first-order valence-electron chi connectivity index (χ1n) is 6.01. The summed E-state index contributed by atoms with van der Waals surface area (Å²) in [5, 5.41) is 3.46.